The maximum Gasteiger partial charge on any atom is 0.220 e. The number of hydrogen-bond donors (Lipinski definition) is 1. The quantitative estimate of drug-likeness (QED) is 0.224. The Balaban J connectivity index is 2.19. The molecule has 1 aliphatic carbocycles. The molecule has 0 saturated heterocycles. The Labute approximate surface area is 188 Å². The van der Waals surface area contributed by atoms with Gasteiger partial charge in [-0.1, -0.05) is 75.3 Å². The monoisotopic (exact) mass is 437 g/mol. The molecule has 1 atom stereocenters. The van der Waals surface area contributed by atoms with Crippen molar-refractivity contribution < 1.29 is 14.3 Å². The van der Waals surface area contributed by atoms with E-state index in [1.54, 1.807) is 7.11 Å². The summed E-state index contributed by atoms with van der Waals surface area (Å²) in [6.07, 6.45) is 19.6. The van der Waals surface area contributed by atoms with E-state index in [9.17, 15) is 9.59 Å². The van der Waals surface area contributed by atoms with Crippen LogP contribution in [0, 0.1) is 0 Å². The minimum atomic E-state index is -0.0325. The highest BCUT2D eigenvalue weighted by molar-refractivity contribution is 6.26. The Morgan fingerprint density at radius 2 is 2.00 bits per heavy atom. The smallest absolute Gasteiger partial charge is 0.220 e. The third kappa shape index (κ3) is 11.7. The van der Waals surface area contributed by atoms with E-state index in [1.807, 2.05) is 6.08 Å². The second-order valence-electron chi connectivity index (χ2n) is 8.00. The van der Waals surface area contributed by atoms with Crippen LogP contribution in [0.5, 0.6) is 0 Å². The van der Waals surface area contributed by atoms with Crippen molar-refractivity contribution in [2.75, 3.05) is 13.7 Å². The lowest BCUT2D eigenvalue weighted by atomic mass is 9.93. The van der Waals surface area contributed by atoms with Crippen LogP contribution < -0.4 is 5.32 Å². The normalized spacial score (nSPS) is 16.0. The number of ether oxygens (including phenoxy) is 1. The molecule has 0 spiro atoms. The van der Waals surface area contributed by atoms with Crippen molar-refractivity contribution in [1.82, 2.24) is 5.32 Å². The summed E-state index contributed by atoms with van der Waals surface area (Å²) in [6, 6.07) is 0. The summed E-state index contributed by atoms with van der Waals surface area (Å²) in [5.74, 6) is 0.0777. The maximum absolute atomic E-state index is 12.1. The van der Waals surface area contributed by atoms with E-state index in [2.05, 4.69) is 24.4 Å². The number of unbranched alkanes of at least 4 members (excludes halogenated alkanes) is 5. The Hall–Kier alpha value is -1.39. The lowest BCUT2D eigenvalue weighted by Gasteiger charge is -2.15. The molecule has 0 radical (unpaired) electrons. The first-order chi connectivity index (χ1) is 14.6. The van der Waals surface area contributed by atoms with E-state index in [-0.39, 0.29) is 17.8 Å². The average Bonchev–Trinajstić information content (AvgIpc) is 2.76. The van der Waals surface area contributed by atoms with Crippen LogP contribution in [0.3, 0.4) is 0 Å². The predicted octanol–water partition coefficient (Wildman–Crippen LogP) is 6.40. The van der Waals surface area contributed by atoms with Crippen LogP contribution in [-0.2, 0) is 14.3 Å². The number of amides is 1. The van der Waals surface area contributed by atoms with Gasteiger partial charge < -0.3 is 10.1 Å². The fourth-order valence-corrected chi connectivity index (χ4v) is 3.80. The molecule has 4 nitrogen and oxygen atoms in total. The first-order valence-electron chi connectivity index (χ1n) is 11.6. The standard InChI is InChI=1S/C25H40ClNO3/c1-3-4-5-6-7-9-14-22(30-2)15-10-8-11-18-25(29)27-20-21(19-26)23-16-12-13-17-24(23)28/h8,10,16,19,22H,3-7,9,11-15,17-18,20H2,1-2H3,(H,27,29)/b10-8+,21-19-/t22-/m0/s1. The summed E-state index contributed by atoms with van der Waals surface area (Å²) < 4.78 is 5.57. The molecule has 0 heterocycles. The highest BCUT2D eigenvalue weighted by atomic mass is 35.5. The fraction of sp³-hybridized carbons (Fsp3) is 0.680. The van der Waals surface area contributed by atoms with Gasteiger partial charge in [0.15, 0.2) is 5.78 Å². The van der Waals surface area contributed by atoms with E-state index in [4.69, 9.17) is 16.3 Å². The van der Waals surface area contributed by atoms with Crippen LogP contribution in [0.4, 0.5) is 0 Å². The molecule has 1 aliphatic rings. The Morgan fingerprint density at radius 1 is 1.23 bits per heavy atom. The second kappa shape index (κ2) is 17.3. The summed E-state index contributed by atoms with van der Waals surface area (Å²) in [6.45, 7) is 2.54. The zero-order valence-corrected chi connectivity index (χ0v) is 19.6. The number of hydrogen-bond acceptors (Lipinski definition) is 3. The molecule has 0 bridgehead atoms. The number of allylic oxidation sites excluding steroid dienone is 2. The average molecular weight is 438 g/mol. The SMILES string of the molecule is CCCCCCCC[C@@H](C/C=C/CCC(=O)NC/C(=C/Cl)C1=CCCCC1=O)OC. The lowest BCUT2D eigenvalue weighted by molar-refractivity contribution is -0.121. The van der Waals surface area contributed by atoms with Gasteiger partial charge in [-0.3, -0.25) is 9.59 Å². The first-order valence-corrected chi connectivity index (χ1v) is 12.0. The van der Waals surface area contributed by atoms with Crippen LogP contribution >= 0.6 is 11.6 Å². The number of methoxy groups -OCH3 is 1. The third-order valence-electron chi connectivity index (χ3n) is 5.53. The molecule has 0 aromatic heterocycles. The zero-order chi connectivity index (χ0) is 22.0. The van der Waals surface area contributed by atoms with Crippen molar-refractivity contribution in [2.45, 2.75) is 96.5 Å². The third-order valence-corrected chi connectivity index (χ3v) is 5.79. The second-order valence-corrected chi connectivity index (χ2v) is 8.22. The molecule has 0 saturated carbocycles. The van der Waals surface area contributed by atoms with Gasteiger partial charge in [0, 0.05) is 37.6 Å². The molecule has 30 heavy (non-hydrogen) atoms. The number of carbonyl (C=O) groups is 2. The number of rotatable bonds is 16. The van der Waals surface area contributed by atoms with Gasteiger partial charge in [0.1, 0.15) is 0 Å². The van der Waals surface area contributed by atoms with Crippen molar-refractivity contribution in [3.05, 3.63) is 34.9 Å². The van der Waals surface area contributed by atoms with Gasteiger partial charge in [-0.15, -0.1) is 0 Å². The van der Waals surface area contributed by atoms with Crippen molar-refractivity contribution in [1.29, 1.82) is 0 Å². The van der Waals surface area contributed by atoms with Crippen LogP contribution in [-0.4, -0.2) is 31.4 Å². The molecule has 0 aromatic carbocycles. The Morgan fingerprint density at radius 3 is 2.70 bits per heavy atom. The van der Waals surface area contributed by atoms with E-state index in [1.165, 1.54) is 44.1 Å². The van der Waals surface area contributed by atoms with Gasteiger partial charge in [-0.25, -0.2) is 0 Å². The van der Waals surface area contributed by atoms with Crippen LogP contribution in [0.1, 0.15) is 90.4 Å². The topological polar surface area (TPSA) is 55.4 Å². The highest BCUT2D eigenvalue weighted by Gasteiger charge is 2.17. The summed E-state index contributed by atoms with van der Waals surface area (Å²) in [4.78, 5) is 24.1. The van der Waals surface area contributed by atoms with E-state index >= 15 is 0 Å². The van der Waals surface area contributed by atoms with Crippen LogP contribution in [0.25, 0.3) is 0 Å². The molecule has 1 rings (SSSR count). The van der Waals surface area contributed by atoms with Crippen molar-refractivity contribution in [2.24, 2.45) is 0 Å². The molecule has 170 valence electrons. The summed E-state index contributed by atoms with van der Waals surface area (Å²) in [7, 11) is 1.78. The number of nitrogens with one attached hydrogen (secondary N) is 1. The van der Waals surface area contributed by atoms with Crippen LogP contribution in [0.15, 0.2) is 34.9 Å². The van der Waals surface area contributed by atoms with Gasteiger partial charge in [0.05, 0.1) is 6.10 Å². The molecule has 0 aliphatic heterocycles. The lowest BCUT2D eigenvalue weighted by Crippen LogP contribution is -2.27. The molecular formula is C25H40ClNO3. The molecule has 0 fully saturated rings. The van der Waals surface area contributed by atoms with Gasteiger partial charge in [0.25, 0.3) is 0 Å². The number of carbonyl (C=O) groups excluding carboxylic acids is 2. The molecule has 0 aromatic rings. The van der Waals surface area contributed by atoms with Gasteiger partial charge >= 0.3 is 0 Å². The molecule has 5 heteroatoms. The van der Waals surface area contributed by atoms with Crippen molar-refractivity contribution in [3.8, 4) is 0 Å². The summed E-state index contributed by atoms with van der Waals surface area (Å²) >= 11 is 5.88. The predicted molar refractivity (Wildman–Crippen MR) is 126 cm³/mol. The van der Waals surface area contributed by atoms with Gasteiger partial charge in [0.2, 0.25) is 5.91 Å². The van der Waals surface area contributed by atoms with E-state index in [0.29, 0.717) is 37.0 Å². The minimum absolute atomic E-state index is 0.0325. The summed E-state index contributed by atoms with van der Waals surface area (Å²) in [5.41, 5.74) is 2.76. The number of halogens is 1. The zero-order valence-electron chi connectivity index (χ0n) is 18.9. The maximum atomic E-state index is 12.1. The fourth-order valence-electron chi connectivity index (χ4n) is 3.61. The highest BCUT2D eigenvalue weighted by Crippen LogP contribution is 2.21. The van der Waals surface area contributed by atoms with Crippen molar-refractivity contribution in [3.63, 3.8) is 0 Å². The minimum Gasteiger partial charge on any atom is -0.381 e. The van der Waals surface area contributed by atoms with Crippen molar-refractivity contribution >= 4 is 23.3 Å². The molecular weight excluding hydrogens is 398 g/mol. The molecule has 1 amide bonds. The molecule has 1 N–H and O–H groups in total. The van der Waals surface area contributed by atoms with Gasteiger partial charge in [-0.05, 0) is 37.7 Å². The van der Waals surface area contributed by atoms with Crippen LogP contribution in [0.2, 0.25) is 0 Å². The first kappa shape index (κ1) is 26.6. The van der Waals surface area contributed by atoms with E-state index in [0.717, 1.165) is 25.7 Å². The molecule has 0 unspecified atom stereocenters. The summed E-state index contributed by atoms with van der Waals surface area (Å²) in [5, 5.41) is 2.87. The van der Waals surface area contributed by atoms with E-state index < -0.39 is 0 Å². The van der Waals surface area contributed by atoms with Gasteiger partial charge in [-0.2, -0.15) is 0 Å². The number of Topliss-reactive ketones (excluding diaryl/α,β-unsaturated/α-hetero) is 1. The largest absolute Gasteiger partial charge is 0.381 e. The Bertz CT molecular complexity index is 595. The Kier molecular flexibility index (Phi) is 15.4. The number of ketones is 1.